The average molecular weight is 272 g/mol. The molecule has 0 saturated heterocycles. The van der Waals surface area contributed by atoms with Gasteiger partial charge in [-0.25, -0.2) is 5.48 Å². The number of hydroxylamine groups is 1. The predicted molar refractivity (Wildman–Crippen MR) is 70.7 cm³/mol. The quantitative estimate of drug-likeness (QED) is 0.857. The maximum absolute atomic E-state index is 11.5. The molecule has 1 amide bonds. The van der Waals surface area contributed by atoms with E-state index < -0.39 is 5.60 Å². The molecule has 1 N–H and O–H groups in total. The molecular formula is C13H18ClNO3. The lowest BCUT2D eigenvalue weighted by Gasteiger charge is -2.19. The van der Waals surface area contributed by atoms with Gasteiger partial charge in [0.1, 0.15) is 5.75 Å². The van der Waals surface area contributed by atoms with Crippen LogP contribution in [0.2, 0.25) is 5.02 Å². The van der Waals surface area contributed by atoms with E-state index in [4.69, 9.17) is 21.2 Å². The Kier molecular flexibility index (Phi) is 4.99. The molecule has 0 aliphatic heterocycles. The Labute approximate surface area is 112 Å². The van der Waals surface area contributed by atoms with Crippen LogP contribution in [0.1, 0.15) is 26.3 Å². The van der Waals surface area contributed by atoms with Crippen molar-refractivity contribution in [3.63, 3.8) is 0 Å². The van der Waals surface area contributed by atoms with Gasteiger partial charge in [0.05, 0.1) is 5.60 Å². The van der Waals surface area contributed by atoms with Crippen LogP contribution in [0.4, 0.5) is 0 Å². The first-order valence-corrected chi connectivity index (χ1v) is 6.01. The number of carbonyl (C=O) groups excluding carboxylic acids is 1. The van der Waals surface area contributed by atoms with Gasteiger partial charge in [0.25, 0.3) is 5.91 Å². The molecule has 1 rings (SSSR count). The number of hydrogen-bond acceptors (Lipinski definition) is 3. The van der Waals surface area contributed by atoms with Crippen LogP contribution in [0.15, 0.2) is 18.2 Å². The van der Waals surface area contributed by atoms with Gasteiger partial charge in [-0.3, -0.25) is 9.63 Å². The summed E-state index contributed by atoms with van der Waals surface area (Å²) in [4.78, 5) is 16.6. The molecule has 4 nitrogen and oxygen atoms in total. The minimum Gasteiger partial charge on any atom is -0.483 e. The smallest absolute Gasteiger partial charge is 0.281 e. The van der Waals surface area contributed by atoms with Crippen molar-refractivity contribution in [3.8, 4) is 5.75 Å². The fraction of sp³-hybridized carbons (Fsp3) is 0.462. The van der Waals surface area contributed by atoms with Gasteiger partial charge in [0.15, 0.2) is 6.61 Å². The zero-order valence-electron chi connectivity index (χ0n) is 11.0. The summed E-state index contributed by atoms with van der Waals surface area (Å²) in [6.07, 6.45) is 0. The minimum absolute atomic E-state index is 0.0987. The lowest BCUT2D eigenvalue weighted by molar-refractivity contribution is -0.147. The van der Waals surface area contributed by atoms with E-state index in [0.717, 1.165) is 5.56 Å². The largest absolute Gasteiger partial charge is 0.483 e. The molecule has 5 heteroatoms. The summed E-state index contributed by atoms with van der Waals surface area (Å²) >= 11 is 5.82. The normalized spacial score (nSPS) is 11.2. The van der Waals surface area contributed by atoms with Crippen molar-refractivity contribution in [2.24, 2.45) is 0 Å². The highest BCUT2D eigenvalue weighted by molar-refractivity contribution is 6.30. The Morgan fingerprint density at radius 2 is 2.06 bits per heavy atom. The van der Waals surface area contributed by atoms with Crippen LogP contribution in [0, 0.1) is 6.92 Å². The van der Waals surface area contributed by atoms with Crippen LogP contribution >= 0.6 is 11.6 Å². The SMILES string of the molecule is Cc1cc(Cl)ccc1OCC(=O)NOC(C)(C)C. The molecule has 18 heavy (non-hydrogen) atoms. The van der Waals surface area contributed by atoms with Gasteiger partial charge in [-0.05, 0) is 51.5 Å². The number of nitrogens with one attached hydrogen (secondary N) is 1. The summed E-state index contributed by atoms with van der Waals surface area (Å²) < 4.78 is 5.37. The second-order valence-electron chi connectivity index (χ2n) is 4.94. The molecule has 100 valence electrons. The fourth-order valence-corrected chi connectivity index (χ4v) is 1.38. The second kappa shape index (κ2) is 6.07. The molecule has 0 bridgehead atoms. The first-order valence-electron chi connectivity index (χ1n) is 5.64. The van der Waals surface area contributed by atoms with Crippen molar-refractivity contribution in [1.29, 1.82) is 0 Å². The number of rotatable bonds is 4. The number of aryl methyl sites for hydroxylation is 1. The van der Waals surface area contributed by atoms with Gasteiger partial charge in [-0.1, -0.05) is 11.6 Å². The van der Waals surface area contributed by atoms with Crippen molar-refractivity contribution < 1.29 is 14.4 Å². The van der Waals surface area contributed by atoms with Gasteiger partial charge in [0, 0.05) is 5.02 Å². The van der Waals surface area contributed by atoms with Crippen molar-refractivity contribution in [2.45, 2.75) is 33.3 Å². The number of amides is 1. The molecule has 1 aromatic carbocycles. The van der Waals surface area contributed by atoms with Crippen LogP contribution in [-0.4, -0.2) is 18.1 Å². The number of halogens is 1. The zero-order valence-corrected chi connectivity index (χ0v) is 11.8. The molecule has 0 saturated carbocycles. The number of benzene rings is 1. The molecule has 0 aromatic heterocycles. The number of ether oxygens (including phenoxy) is 1. The first kappa shape index (κ1) is 14.8. The van der Waals surface area contributed by atoms with E-state index >= 15 is 0 Å². The summed E-state index contributed by atoms with van der Waals surface area (Å²) in [5.41, 5.74) is 2.79. The number of carbonyl (C=O) groups is 1. The third-order valence-electron chi connectivity index (χ3n) is 1.97. The fourth-order valence-electron chi connectivity index (χ4n) is 1.16. The molecule has 0 aliphatic rings. The molecule has 0 heterocycles. The molecule has 0 fully saturated rings. The molecular weight excluding hydrogens is 254 g/mol. The standard InChI is InChI=1S/C13H18ClNO3/c1-9-7-10(14)5-6-11(9)17-8-12(16)15-18-13(2,3)4/h5-7H,8H2,1-4H3,(H,15,16). The highest BCUT2D eigenvalue weighted by Gasteiger charge is 2.13. The van der Waals surface area contributed by atoms with Crippen molar-refractivity contribution >= 4 is 17.5 Å². The predicted octanol–water partition coefficient (Wildman–Crippen LogP) is 2.87. The Bertz CT molecular complexity index is 427. The molecule has 1 aromatic rings. The Balaban J connectivity index is 2.43. The van der Waals surface area contributed by atoms with E-state index in [-0.39, 0.29) is 12.5 Å². The van der Waals surface area contributed by atoms with Crippen molar-refractivity contribution in [3.05, 3.63) is 28.8 Å². The van der Waals surface area contributed by atoms with E-state index in [2.05, 4.69) is 5.48 Å². The first-order chi connectivity index (χ1) is 8.28. The van der Waals surface area contributed by atoms with E-state index in [0.29, 0.717) is 10.8 Å². The van der Waals surface area contributed by atoms with E-state index in [1.807, 2.05) is 27.7 Å². The third kappa shape index (κ3) is 5.38. The van der Waals surface area contributed by atoms with Crippen LogP contribution in [0.5, 0.6) is 5.75 Å². The molecule has 0 aliphatic carbocycles. The topological polar surface area (TPSA) is 47.6 Å². The van der Waals surface area contributed by atoms with Crippen molar-refractivity contribution in [2.75, 3.05) is 6.61 Å². The number of hydrogen-bond donors (Lipinski definition) is 1. The monoisotopic (exact) mass is 271 g/mol. The Hall–Kier alpha value is -1.26. The van der Waals surface area contributed by atoms with Gasteiger partial charge < -0.3 is 4.74 Å². The van der Waals surface area contributed by atoms with Gasteiger partial charge in [-0.2, -0.15) is 0 Å². The molecule has 0 radical (unpaired) electrons. The summed E-state index contributed by atoms with van der Waals surface area (Å²) in [6.45, 7) is 7.30. The summed E-state index contributed by atoms with van der Waals surface area (Å²) in [7, 11) is 0. The maximum atomic E-state index is 11.5. The third-order valence-corrected chi connectivity index (χ3v) is 2.20. The van der Waals surface area contributed by atoms with Crippen LogP contribution in [-0.2, 0) is 9.63 Å². The van der Waals surface area contributed by atoms with E-state index in [1.54, 1.807) is 18.2 Å². The molecule has 0 unspecified atom stereocenters. The van der Waals surface area contributed by atoms with Crippen LogP contribution in [0.25, 0.3) is 0 Å². The average Bonchev–Trinajstić information content (AvgIpc) is 2.24. The lowest BCUT2D eigenvalue weighted by atomic mass is 10.2. The second-order valence-corrected chi connectivity index (χ2v) is 5.37. The van der Waals surface area contributed by atoms with Gasteiger partial charge in [0.2, 0.25) is 0 Å². The van der Waals surface area contributed by atoms with Crippen LogP contribution < -0.4 is 10.2 Å². The van der Waals surface area contributed by atoms with E-state index in [1.165, 1.54) is 0 Å². The summed E-state index contributed by atoms with van der Waals surface area (Å²) in [6, 6.07) is 5.23. The van der Waals surface area contributed by atoms with Crippen molar-refractivity contribution in [1.82, 2.24) is 5.48 Å². The Morgan fingerprint density at radius 1 is 1.39 bits per heavy atom. The minimum atomic E-state index is -0.425. The maximum Gasteiger partial charge on any atom is 0.281 e. The summed E-state index contributed by atoms with van der Waals surface area (Å²) in [5, 5.41) is 0.639. The molecule has 0 atom stereocenters. The van der Waals surface area contributed by atoms with Gasteiger partial charge in [-0.15, -0.1) is 0 Å². The highest BCUT2D eigenvalue weighted by atomic mass is 35.5. The van der Waals surface area contributed by atoms with E-state index in [9.17, 15) is 4.79 Å². The Morgan fingerprint density at radius 3 is 2.61 bits per heavy atom. The zero-order chi connectivity index (χ0) is 13.8. The summed E-state index contributed by atoms with van der Waals surface area (Å²) in [5.74, 6) is 0.296. The lowest BCUT2D eigenvalue weighted by Crippen LogP contribution is -2.36. The van der Waals surface area contributed by atoms with Crippen LogP contribution in [0.3, 0.4) is 0 Å². The van der Waals surface area contributed by atoms with Gasteiger partial charge >= 0.3 is 0 Å². The highest BCUT2D eigenvalue weighted by Crippen LogP contribution is 2.21. The molecule has 0 spiro atoms.